The van der Waals surface area contributed by atoms with Crippen molar-refractivity contribution in [2.75, 3.05) is 10.6 Å². The number of anilines is 2. The number of nitrogens with one attached hydrogen (secondary N) is 2. The number of aromatic nitrogens is 1. The van der Waals surface area contributed by atoms with Gasteiger partial charge in [0, 0.05) is 38.6 Å². The normalized spacial score (nSPS) is 10.3. The molecule has 2 rings (SSSR count). The van der Waals surface area contributed by atoms with Gasteiger partial charge in [0.25, 0.3) is 0 Å². The van der Waals surface area contributed by atoms with Crippen molar-refractivity contribution in [2.24, 2.45) is 7.05 Å². The van der Waals surface area contributed by atoms with Gasteiger partial charge in [-0.15, -0.1) is 0 Å². The summed E-state index contributed by atoms with van der Waals surface area (Å²) in [7, 11) is 1.99. The van der Waals surface area contributed by atoms with Crippen LogP contribution in [0.15, 0.2) is 36.7 Å². The number of hydrogen-bond acceptors (Lipinski definition) is 2. The van der Waals surface area contributed by atoms with Crippen LogP contribution in [0.3, 0.4) is 0 Å². The number of amides is 1. The van der Waals surface area contributed by atoms with Crippen molar-refractivity contribution in [3.8, 4) is 0 Å². The van der Waals surface area contributed by atoms with Crippen molar-refractivity contribution in [2.45, 2.75) is 13.5 Å². The highest BCUT2D eigenvalue weighted by atomic mass is 35.5. The molecule has 1 amide bonds. The molecule has 0 saturated carbocycles. The fraction of sp³-hybridized carbons (Fsp3) is 0.214. The minimum absolute atomic E-state index is 0.133. The number of nitrogens with zero attached hydrogens (tertiary/aromatic N) is 1. The summed E-state index contributed by atoms with van der Waals surface area (Å²) in [6.07, 6.45) is 4.06. The Hall–Kier alpha value is -1.94. The van der Waals surface area contributed by atoms with Crippen LogP contribution in [0.2, 0.25) is 5.02 Å². The maximum absolute atomic E-state index is 11.0. The summed E-state index contributed by atoms with van der Waals surface area (Å²) in [4.78, 5) is 11.0. The molecule has 0 bridgehead atoms. The van der Waals surface area contributed by atoms with Gasteiger partial charge in [-0.1, -0.05) is 11.6 Å². The lowest BCUT2D eigenvalue weighted by Gasteiger charge is -2.09. The van der Waals surface area contributed by atoms with Gasteiger partial charge in [-0.2, -0.15) is 0 Å². The summed E-state index contributed by atoms with van der Waals surface area (Å²) >= 11 is 6.10. The fourth-order valence-corrected chi connectivity index (χ4v) is 2.01. The minimum Gasteiger partial charge on any atom is -0.381 e. The fourth-order valence-electron chi connectivity index (χ4n) is 1.79. The molecule has 0 aliphatic heterocycles. The lowest BCUT2D eigenvalue weighted by Crippen LogP contribution is -2.06. The van der Waals surface area contributed by atoms with Crippen LogP contribution >= 0.6 is 11.6 Å². The van der Waals surface area contributed by atoms with Gasteiger partial charge in [0.05, 0.1) is 10.7 Å². The molecule has 1 aromatic heterocycles. The number of aryl methyl sites for hydroxylation is 1. The first-order valence-corrected chi connectivity index (χ1v) is 6.34. The molecule has 4 nitrogen and oxygen atoms in total. The van der Waals surface area contributed by atoms with E-state index < -0.39 is 0 Å². The van der Waals surface area contributed by atoms with E-state index in [1.807, 2.05) is 23.9 Å². The number of carbonyl (C=O) groups excluding carboxylic acids is 1. The van der Waals surface area contributed by atoms with Crippen LogP contribution in [0.4, 0.5) is 11.4 Å². The number of benzene rings is 1. The number of carbonyl (C=O) groups is 1. The minimum atomic E-state index is -0.133. The van der Waals surface area contributed by atoms with E-state index in [1.54, 1.807) is 12.1 Å². The molecule has 2 N–H and O–H groups in total. The van der Waals surface area contributed by atoms with E-state index in [-0.39, 0.29) is 5.91 Å². The molecule has 0 saturated heterocycles. The summed E-state index contributed by atoms with van der Waals surface area (Å²) in [6.45, 7) is 2.19. The molecule has 0 spiro atoms. The largest absolute Gasteiger partial charge is 0.381 e. The second-order valence-electron chi connectivity index (χ2n) is 4.41. The van der Waals surface area contributed by atoms with E-state index in [4.69, 9.17) is 11.6 Å². The average molecular weight is 278 g/mol. The van der Waals surface area contributed by atoms with Crippen LogP contribution in [-0.4, -0.2) is 10.5 Å². The molecule has 19 heavy (non-hydrogen) atoms. The summed E-state index contributed by atoms with van der Waals surface area (Å²) in [6, 6.07) is 7.53. The highest BCUT2D eigenvalue weighted by Gasteiger charge is 2.03. The van der Waals surface area contributed by atoms with E-state index in [0.717, 1.165) is 12.2 Å². The Bertz CT molecular complexity index is 592. The third kappa shape index (κ3) is 3.76. The van der Waals surface area contributed by atoms with Crippen molar-refractivity contribution >= 4 is 28.9 Å². The number of halogens is 1. The standard InChI is InChI=1S/C14H16ClN3O/c1-10(19)17-14-4-3-12(7-13(14)15)16-8-11-5-6-18(2)9-11/h3-7,9,16H,8H2,1-2H3,(H,17,19). The monoisotopic (exact) mass is 277 g/mol. The summed E-state index contributed by atoms with van der Waals surface area (Å²) in [5, 5.41) is 6.48. The molecule has 0 aliphatic rings. The molecule has 5 heteroatoms. The van der Waals surface area contributed by atoms with Crippen molar-refractivity contribution in [1.82, 2.24) is 4.57 Å². The van der Waals surface area contributed by atoms with Gasteiger partial charge in [-0.05, 0) is 29.8 Å². The van der Waals surface area contributed by atoms with E-state index in [9.17, 15) is 4.79 Å². The Labute approximate surface area is 117 Å². The predicted octanol–water partition coefficient (Wildman–Crippen LogP) is 3.25. The quantitative estimate of drug-likeness (QED) is 0.901. The lowest BCUT2D eigenvalue weighted by molar-refractivity contribution is -0.114. The lowest BCUT2D eigenvalue weighted by atomic mass is 10.2. The van der Waals surface area contributed by atoms with Gasteiger partial charge in [0.15, 0.2) is 0 Å². The summed E-state index contributed by atoms with van der Waals surface area (Å²) < 4.78 is 2.00. The van der Waals surface area contributed by atoms with E-state index >= 15 is 0 Å². The molecule has 1 heterocycles. The van der Waals surface area contributed by atoms with Gasteiger partial charge in [-0.3, -0.25) is 4.79 Å². The van der Waals surface area contributed by atoms with Crippen LogP contribution in [-0.2, 0) is 18.4 Å². The van der Waals surface area contributed by atoms with Crippen molar-refractivity contribution in [3.63, 3.8) is 0 Å². The van der Waals surface area contributed by atoms with Gasteiger partial charge >= 0.3 is 0 Å². The van der Waals surface area contributed by atoms with Gasteiger partial charge < -0.3 is 15.2 Å². The predicted molar refractivity (Wildman–Crippen MR) is 78.5 cm³/mol. The molecular formula is C14H16ClN3O. The number of hydrogen-bond donors (Lipinski definition) is 2. The molecule has 2 aromatic rings. The Morgan fingerprint density at radius 1 is 1.37 bits per heavy atom. The van der Waals surface area contributed by atoms with Crippen molar-refractivity contribution in [1.29, 1.82) is 0 Å². The van der Waals surface area contributed by atoms with E-state index in [1.165, 1.54) is 12.5 Å². The van der Waals surface area contributed by atoms with Crippen LogP contribution in [0.5, 0.6) is 0 Å². The third-order valence-corrected chi connectivity index (χ3v) is 2.98. The van der Waals surface area contributed by atoms with Gasteiger partial charge in [-0.25, -0.2) is 0 Å². The molecule has 0 radical (unpaired) electrons. The van der Waals surface area contributed by atoms with Crippen LogP contribution < -0.4 is 10.6 Å². The topological polar surface area (TPSA) is 46.1 Å². The second kappa shape index (κ2) is 5.80. The number of rotatable bonds is 4. The molecular weight excluding hydrogens is 262 g/mol. The Morgan fingerprint density at radius 2 is 2.16 bits per heavy atom. The first-order valence-electron chi connectivity index (χ1n) is 5.96. The highest BCUT2D eigenvalue weighted by Crippen LogP contribution is 2.25. The highest BCUT2D eigenvalue weighted by molar-refractivity contribution is 6.34. The van der Waals surface area contributed by atoms with Crippen molar-refractivity contribution < 1.29 is 4.79 Å². The zero-order chi connectivity index (χ0) is 13.8. The molecule has 0 aliphatic carbocycles. The molecule has 0 fully saturated rings. The smallest absolute Gasteiger partial charge is 0.221 e. The average Bonchev–Trinajstić information content (AvgIpc) is 2.75. The molecule has 1 aromatic carbocycles. The van der Waals surface area contributed by atoms with E-state index in [0.29, 0.717) is 10.7 Å². The first-order chi connectivity index (χ1) is 9.04. The Morgan fingerprint density at radius 3 is 2.74 bits per heavy atom. The SMILES string of the molecule is CC(=O)Nc1ccc(NCc2ccn(C)c2)cc1Cl. The summed E-state index contributed by atoms with van der Waals surface area (Å²) in [5.74, 6) is -0.133. The summed E-state index contributed by atoms with van der Waals surface area (Å²) in [5.41, 5.74) is 2.74. The second-order valence-corrected chi connectivity index (χ2v) is 4.82. The Balaban J connectivity index is 2.01. The van der Waals surface area contributed by atoms with Crippen LogP contribution in [0.25, 0.3) is 0 Å². The Kier molecular flexibility index (Phi) is 4.12. The van der Waals surface area contributed by atoms with Crippen LogP contribution in [0.1, 0.15) is 12.5 Å². The van der Waals surface area contributed by atoms with Gasteiger partial charge in [0.2, 0.25) is 5.91 Å². The maximum Gasteiger partial charge on any atom is 0.221 e. The third-order valence-electron chi connectivity index (χ3n) is 2.67. The zero-order valence-electron chi connectivity index (χ0n) is 10.9. The van der Waals surface area contributed by atoms with Crippen molar-refractivity contribution in [3.05, 3.63) is 47.2 Å². The first kappa shape index (κ1) is 13.5. The molecule has 100 valence electrons. The van der Waals surface area contributed by atoms with Crippen LogP contribution in [0, 0.1) is 0 Å². The maximum atomic E-state index is 11.0. The van der Waals surface area contributed by atoms with E-state index in [2.05, 4.69) is 22.9 Å². The molecule has 0 atom stereocenters. The zero-order valence-corrected chi connectivity index (χ0v) is 11.7. The van der Waals surface area contributed by atoms with Gasteiger partial charge in [0.1, 0.15) is 0 Å². The molecule has 0 unspecified atom stereocenters.